The maximum Gasteiger partial charge on any atom is 0.410 e. The number of nitrogens with zero attached hydrogens (tertiary/aromatic N) is 2. The van der Waals surface area contributed by atoms with Crippen molar-refractivity contribution in [3.05, 3.63) is 83.6 Å². The van der Waals surface area contributed by atoms with Crippen molar-refractivity contribution in [1.29, 1.82) is 0 Å². The summed E-state index contributed by atoms with van der Waals surface area (Å²) in [7, 11) is -4.12. The SMILES string of the molecule is C=CC(c1ccc(C)cc1)S(=O)(=O)n1c(C(=O)OCC)cc2cc(C3CCN(C(=O)OC(C)(C)C)CC3)ccc21. The minimum atomic E-state index is -4.12. The van der Waals surface area contributed by atoms with Crippen LogP contribution in [0.5, 0.6) is 0 Å². The van der Waals surface area contributed by atoms with Gasteiger partial charge in [-0.25, -0.2) is 22.0 Å². The smallest absolute Gasteiger partial charge is 0.410 e. The number of esters is 1. The van der Waals surface area contributed by atoms with E-state index < -0.39 is 26.8 Å². The zero-order valence-corrected chi connectivity index (χ0v) is 24.7. The van der Waals surface area contributed by atoms with E-state index >= 15 is 0 Å². The van der Waals surface area contributed by atoms with Gasteiger partial charge in [-0.2, -0.15) is 0 Å². The van der Waals surface area contributed by atoms with Crippen molar-refractivity contribution in [2.24, 2.45) is 0 Å². The number of hydrogen-bond acceptors (Lipinski definition) is 6. The summed E-state index contributed by atoms with van der Waals surface area (Å²) in [6.45, 7) is 14.2. The highest BCUT2D eigenvalue weighted by atomic mass is 32.2. The molecule has 0 radical (unpaired) electrons. The average Bonchev–Trinajstić information content (AvgIpc) is 3.29. The standard InChI is InChI=1S/C31H38N2O6S/c1-7-28(23-11-9-21(3)10-12-23)40(36,37)33-26-14-13-24(19-25(26)20-27(33)29(34)38-8-2)22-15-17-32(18-16-22)30(35)39-31(4,5)6/h7,9-14,19-20,22,28H,1,8,15-18H2,2-6H3. The highest BCUT2D eigenvalue weighted by Crippen LogP contribution is 2.35. The van der Waals surface area contributed by atoms with E-state index in [0.29, 0.717) is 29.6 Å². The molecule has 1 amide bonds. The van der Waals surface area contributed by atoms with Gasteiger partial charge in [0, 0.05) is 18.5 Å². The van der Waals surface area contributed by atoms with E-state index in [2.05, 4.69) is 6.58 Å². The van der Waals surface area contributed by atoms with Crippen molar-refractivity contribution in [1.82, 2.24) is 8.87 Å². The molecule has 3 aromatic rings. The first kappa shape index (κ1) is 29.4. The molecule has 0 bridgehead atoms. The molecule has 0 N–H and O–H groups in total. The summed E-state index contributed by atoms with van der Waals surface area (Å²) in [5.74, 6) is -0.524. The molecule has 1 aliphatic rings. The van der Waals surface area contributed by atoms with E-state index in [1.165, 1.54) is 6.08 Å². The summed E-state index contributed by atoms with van der Waals surface area (Å²) in [6.07, 6.45) is 2.57. The molecular formula is C31H38N2O6S. The lowest BCUT2D eigenvalue weighted by molar-refractivity contribution is 0.0204. The average molecular weight is 567 g/mol. The fourth-order valence-corrected chi connectivity index (χ4v) is 6.92. The van der Waals surface area contributed by atoms with E-state index in [4.69, 9.17) is 9.47 Å². The number of carbonyl (C=O) groups excluding carboxylic acids is 2. The Kier molecular flexibility index (Phi) is 8.44. The van der Waals surface area contributed by atoms with Crippen LogP contribution in [0, 0.1) is 6.92 Å². The molecule has 1 fully saturated rings. The zero-order valence-electron chi connectivity index (χ0n) is 23.8. The first-order valence-corrected chi connectivity index (χ1v) is 15.1. The number of rotatable bonds is 7. The Morgan fingerprint density at radius 1 is 1.07 bits per heavy atom. The van der Waals surface area contributed by atoms with Gasteiger partial charge in [-0.3, -0.25) is 0 Å². The van der Waals surface area contributed by atoms with Gasteiger partial charge in [0.15, 0.2) is 0 Å². The second-order valence-electron chi connectivity index (χ2n) is 11.2. The lowest BCUT2D eigenvalue weighted by atomic mass is 9.89. The van der Waals surface area contributed by atoms with E-state index in [-0.39, 0.29) is 24.3 Å². The molecule has 0 spiro atoms. The molecule has 9 heteroatoms. The Morgan fingerprint density at radius 3 is 2.30 bits per heavy atom. The highest BCUT2D eigenvalue weighted by Gasteiger charge is 2.33. The van der Waals surface area contributed by atoms with Crippen LogP contribution >= 0.6 is 0 Å². The summed E-state index contributed by atoms with van der Waals surface area (Å²) in [4.78, 5) is 27.2. The Labute approximate surface area is 236 Å². The molecule has 1 aromatic heterocycles. The third kappa shape index (κ3) is 6.09. The molecule has 40 heavy (non-hydrogen) atoms. The molecule has 1 atom stereocenters. The van der Waals surface area contributed by atoms with Gasteiger partial charge in [0.1, 0.15) is 16.5 Å². The number of ether oxygens (including phenoxy) is 2. The van der Waals surface area contributed by atoms with Crippen molar-refractivity contribution >= 4 is 33.0 Å². The molecule has 8 nitrogen and oxygen atoms in total. The van der Waals surface area contributed by atoms with Crippen molar-refractivity contribution < 1.29 is 27.5 Å². The van der Waals surface area contributed by atoms with Gasteiger partial charge in [-0.15, -0.1) is 6.58 Å². The normalized spacial score (nSPS) is 15.6. The van der Waals surface area contributed by atoms with E-state index in [0.717, 1.165) is 27.9 Å². The Balaban J connectivity index is 1.69. The topological polar surface area (TPSA) is 94.9 Å². The van der Waals surface area contributed by atoms with Crippen molar-refractivity contribution in [2.75, 3.05) is 19.7 Å². The predicted octanol–water partition coefficient (Wildman–Crippen LogP) is 6.35. The molecule has 2 aromatic carbocycles. The number of hydrogen-bond donors (Lipinski definition) is 0. The largest absolute Gasteiger partial charge is 0.461 e. The van der Waals surface area contributed by atoms with Crippen LogP contribution in [0.25, 0.3) is 10.9 Å². The quantitative estimate of drug-likeness (QED) is 0.244. The van der Waals surface area contributed by atoms with E-state index in [1.807, 2.05) is 52.0 Å². The third-order valence-corrected chi connectivity index (χ3v) is 9.09. The Hall–Kier alpha value is -3.59. The Morgan fingerprint density at radius 2 is 1.73 bits per heavy atom. The fraction of sp³-hybridized carbons (Fsp3) is 0.419. The molecule has 4 rings (SSSR count). The number of benzene rings is 2. The van der Waals surface area contributed by atoms with Crippen molar-refractivity contribution in [2.45, 2.75) is 64.2 Å². The molecule has 0 saturated carbocycles. The van der Waals surface area contributed by atoms with E-state index in [9.17, 15) is 18.0 Å². The monoisotopic (exact) mass is 566 g/mol. The summed E-state index contributed by atoms with van der Waals surface area (Å²) in [6, 6.07) is 14.4. The number of aromatic nitrogens is 1. The van der Waals surface area contributed by atoms with Crippen molar-refractivity contribution in [3.63, 3.8) is 0 Å². The van der Waals surface area contributed by atoms with Gasteiger partial charge >= 0.3 is 12.1 Å². The number of likely N-dealkylation sites (tertiary alicyclic amines) is 1. The lowest BCUT2D eigenvalue weighted by Gasteiger charge is -2.33. The van der Waals surface area contributed by atoms with Crippen LogP contribution in [-0.4, -0.2) is 54.7 Å². The van der Waals surface area contributed by atoms with E-state index in [1.54, 1.807) is 36.1 Å². The minimum absolute atomic E-state index is 0.0484. The number of aryl methyl sites for hydroxylation is 1. The summed E-state index contributed by atoms with van der Waals surface area (Å²) in [5, 5.41) is -0.431. The van der Waals surface area contributed by atoms with Crippen LogP contribution in [0.15, 0.2) is 61.2 Å². The summed E-state index contributed by atoms with van der Waals surface area (Å²) >= 11 is 0. The number of carbonyl (C=O) groups is 2. The second kappa shape index (κ2) is 11.5. The number of fused-ring (bicyclic) bond motifs is 1. The highest BCUT2D eigenvalue weighted by molar-refractivity contribution is 7.90. The molecular weight excluding hydrogens is 528 g/mol. The molecule has 1 saturated heterocycles. The summed E-state index contributed by atoms with van der Waals surface area (Å²) in [5.41, 5.74) is 2.40. The molecule has 1 unspecified atom stereocenters. The fourth-order valence-electron chi connectivity index (χ4n) is 5.11. The first-order valence-electron chi connectivity index (χ1n) is 13.6. The van der Waals surface area contributed by atoms with Gasteiger partial charge in [0.05, 0.1) is 12.1 Å². The Bertz CT molecular complexity index is 1510. The van der Waals surface area contributed by atoms with Crippen LogP contribution in [0.1, 0.15) is 78.9 Å². The summed E-state index contributed by atoms with van der Waals surface area (Å²) < 4.78 is 40.0. The molecule has 2 heterocycles. The first-order chi connectivity index (χ1) is 18.9. The van der Waals surface area contributed by atoms with Gasteiger partial charge in [0.2, 0.25) is 10.0 Å². The van der Waals surface area contributed by atoms with Crippen LogP contribution in [0.2, 0.25) is 0 Å². The predicted molar refractivity (Wildman–Crippen MR) is 156 cm³/mol. The van der Waals surface area contributed by atoms with Crippen LogP contribution in [0.3, 0.4) is 0 Å². The van der Waals surface area contributed by atoms with Crippen molar-refractivity contribution in [3.8, 4) is 0 Å². The third-order valence-electron chi connectivity index (χ3n) is 7.08. The van der Waals surface area contributed by atoms with Crippen LogP contribution < -0.4 is 0 Å². The van der Waals surface area contributed by atoms with Crippen LogP contribution in [0.4, 0.5) is 4.79 Å². The minimum Gasteiger partial charge on any atom is -0.461 e. The molecule has 214 valence electrons. The maximum absolute atomic E-state index is 14.1. The van der Waals surface area contributed by atoms with Gasteiger partial charge < -0.3 is 14.4 Å². The lowest BCUT2D eigenvalue weighted by Crippen LogP contribution is -2.41. The zero-order chi connectivity index (χ0) is 29.2. The maximum atomic E-state index is 14.1. The molecule has 0 aliphatic carbocycles. The van der Waals surface area contributed by atoms with Gasteiger partial charge in [0.25, 0.3) is 0 Å². The number of piperidine rings is 1. The van der Waals surface area contributed by atoms with Gasteiger partial charge in [-0.05, 0) is 82.7 Å². The second-order valence-corrected chi connectivity index (χ2v) is 13.1. The molecule has 1 aliphatic heterocycles. The number of amides is 1. The van der Waals surface area contributed by atoms with Crippen LogP contribution in [-0.2, 0) is 19.5 Å². The van der Waals surface area contributed by atoms with Gasteiger partial charge in [-0.1, -0.05) is 42.0 Å².